The maximum absolute atomic E-state index is 9.18. The van der Waals surface area contributed by atoms with Crippen molar-refractivity contribution < 1.29 is 15.4 Å². The lowest BCUT2D eigenvalue weighted by Gasteiger charge is -2.06. The molecule has 0 aliphatic carbocycles. The number of hydrogen-bond donors (Lipinski definition) is 2. The van der Waals surface area contributed by atoms with Crippen LogP contribution in [0.3, 0.4) is 0 Å². The fourth-order valence-electron chi connectivity index (χ4n) is 0.917. The third-order valence-electron chi connectivity index (χ3n) is 1.51. The normalized spacial score (nSPS) is 11.3. The highest BCUT2D eigenvalue weighted by Crippen LogP contribution is 2.05. The summed E-state index contributed by atoms with van der Waals surface area (Å²) < 4.78 is 0. The van der Waals surface area contributed by atoms with Crippen LogP contribution in [0, 0.1) is 10.1 Å². The number of nitrogens with zero attached hydrogens (tertiary/aromatic N) is 1. The third kappa shape index (κ3) is 24.7. The second-order valence-electron chi connectivity index (χ2n) is 2.82. The van der Waals surface area contributed by atoms with Gasteiger partial charge in [-0.05, 0) is 12.8 Å². The molecule has 0 aliphatic heterocycles. The Hall–Kier alpha value is -0.840. The monoisotopic (exact) mass is 193 g/mol. The van der Waals surface area contributed by atoms with Crippen LogP contribution in [-0.2, 0) is 0 Å². The summed E-state index contributed by atoms with van der Waals surface area (Å²) in [6.45, 7) is 4.26. The van der Waals surface area contributed by atoms with Crippen molar-refractivity contribution in [1.29, 1.82) is 0 Å². The van der Waals surface area contributed by atoms with Crippen LogP contribution in [-0.4, -0.2) is 21.5 Å². The fourth-order valence-corrected chi connectivity index (χ4v) is 0.917. The van der Waals surface area contributed by atoms with Crippen molar-refractivity contribution in [3.05, 3.63) is 10.1 Å². The Morgan fingerprint density at radius 3 is 2.08 bits per heavy atom. The Morgan fingerprint density at radius 2 is 1.77 bits per heavy atom. The van der Waals surface area contributed by atoms with E-state index < -0.39 is 5.09 Å². The van der Waals surface area contributed by atoms with Crippen LogP contribution in [0.2, 0.25) is 0 Å². The predicted octanol–water partition coefficient (Wildman–Crippen LogP) is 1.99. The lowest BCUT2D eigenvalue weighted by molar-refractivity contribution is -0.742. The van der Waals surface area contributed by atoms with E-state index in [-0.39, 0.29) is 6.10 Å². The first kappa shape index (κ1) is 14.7. The Kier molecular flexibility index (Phi) is 12.6. The van der Waals surface area contributed by atoms with Gasteiger partial charge in [-0.25, -0.2) is 0 Å². The van der Waals surface area contributed by atoms with Gasteiger partial charge >= 0.3 is 0 Å². The van der Waals surface area contributed by atoms with Crippen molar-refractivity contribution in [1.82, 2.24) is 0 Å². The van der Waals surface area contributed by atoms with E-state index in [0.717, 1.165) is 19.3 Å². The Bertz CT molecular complexity index is 115. The topological polar surface area (TPSA) is 83.6 Å². The van der Waals surface area contributed by atoms with Gasteiger partial charge in [0.1, 0.15) is 0 Å². The highest BCUT2D eigenvalue weighted by molar-refractivity contribution is 4.52. The summed E-state index contributed by atoms with van der Waals surface area (Å²) in [6.07, 6.45) is 5.40. The molecule has 0 aromatic carbocycles. The lowest BCUT2D eigenvalue weighted by Crippen LogP contribution is -2.04. The molecule has 5 heteroatoms. The number of aliphatic hydroxyl groups is 1. The largest absolute Gasteiger partial charge is 0.393 e. The van der Waals surface area contributed by atoms with Crippen molar-refractivity contribution in [3.63, 3.8) is 0 Å². The van der Waals surface area contributed by atoms with Crippen LogP contribution < -0.4 is 0 Å². The van der Waals surface area contributed by atoms with Crippen molar-refractivity contribution >= 4 is 0 Å². The minimum Gasteiger partial charge on any atom is -0.393 e. The first-order valence-corrected chi connectivity index (χ1v) is 4.55. The van der Waals surface area contributed by atoms with Gasteiger partial charge in [-0.1, -0.05) is 33.1 Å². The standard InChI is InChI=1S/C8H18O.HNO3/c1-3-5-7-8(9)6-4-2;2-1(3)4/h8-9H,3-7H2,1-2H3;(H,2,3,4). The molecular formula is C8H19NO4. The molecule has 0 heterocycles. The zero-order valence-electron chi connectivity index (χ0n) is 8.27. The van der Waals surface area contributed by atoms with E-state index in [2.05, 4.69) is 13.8 Å². The molecule has 0 saturated heterocycles. The van der Waals surface area contributed by atoms with Gasteiger partial charge in [-0.15, -0.1) is 10.1 Å². The van der Waals surface area contributed by atoms with Crippen LogP contribution in [0.25, 0.3) is 0 Å². The molecule has 1 atom stereocenters. The highest BCUT2D eigenvalue weighted by Gasteiger charge is 1.99. The molecule has 80 valence electrons. The fraction of sp³-hybridized carbons (Fsp3) is 1.00. The minimum absolute atomic E-state index is 0.0325. The number of unbranched alkanes of at least 4 members (excludes halogenated alkanes) is 1. The molecule has 1 unspecified atom stereocenters. The molecule has 0 radical (unpaired) electrons. The van der Waals surface area contributed by atoms with Gasteiger partial charge in [-0.3, -0.25) is 0 Å². The first-order chi connectivity index (χ1) is 6.04. The van der Waals surface area contributed by atoms with Crippen molar-refractivity contribution in [2.75, 3.05) is 0 Å². The maximum Gasteiger partial charge on any atom is 0.291 e. The molecule has 0 bridgehead atoms. The summed E-state index contributed by atoms with van der Waals surface area (Å²) in [5.41, 5.74) is 0. The zero-order valence-corrected chi connectivity index (χ0v) is 8.27. The number of rotatable bonds is 5. The first-order valence-electron chi connectivity index (χ1n) is 4.55. The van der Waals surface area contributed by atoms with Crippen molar-refractivity contribution in [3.8, 4) is 0 Å². The van der Waals surface area contributed by atoms with Gasteiger partial charge in [0.15, 0.2) is 0 Å². The lowest BCUT2D eigenvalue weighted by atomic mass is 10.1. The zero-order chi connectivity index (χ0) is 10.7. The molecular weight excluding hydrogens is 174 g/mol. The van der Waals surface area contributed by atoms with E-state index in [1.165, 1.54) is 12.8 Å². The predicted molar refractivity (Wildman–Crippen MR) is 49.2 cm³/mol. The van der Waals surface area contributed by atoms with Gasteiger partial charge in [0.2, 0.25) is 0 Å². The average Bonchev–Trinajstić information content (AvgIpc) is 2.00. The van der Waals surface area contributed by atoms with Crippen LogP contribution in [0.5, 0.6) is 0 Å². The van der Waals surface area contributed by atoms with E-state index >= 15 is 0 Å². The quantitative estimate of drug-likeness (QED) is 0.516. The van der Waals surface area contributed by atoms with Gasteiger partial charge in [-0.2, -0.15) is 0 Å². The second kappa shape index (κ2) is 11.2. The van der Waals surface area contributed by atoms with Gasteiger partial charge in [0.05, 0.1) is 6.10 Å². The van der Waals surface area contributed by atoms with Crippen LogP contribution in [0.15, 0.2) is 0 Å². The third-order valence-corrected chi connectivity index (χ3v) is 1.51. The van der Waals surface area contributed by atoms with Gasteiger partial charge < -0.3 is 10.3 Å². The van der Waals surface area contributed by atoms with Crippen LogP contribution in [0.1, 0.15) is 46.0 Å². The molecule has 0 amide bonds. The molecule has 0 aromatic rings. The van der Waals surface area contributed by atoms with Crippen LogP contribution >= 0.6 is 0 Å². The SMILES string of the molecule is CCCCC(O)CCC.O=[N+]([O-])O. The van der Waals surface area contributed by atoms with E-state index in [4.69, 9.17) is 15.3 Å². The summed E-state index contributed by atoms with van der Waals surface area (Å²) in [4.78, 5) is 8.36. The highest BCUT2D eigenvalue weighted by atomic mass is 16.9. The van der Waals surface area contributed by atoms with Crippen LogP contribution in [0.4, 0.5) is 0 Å². The molecule has 5 nitrogen and oxygen atoms in total. The second-order valence-corrected chi connectivity index (χ2v) is 2.82. The summed E-state index contributed by atoms with van der Waals surface area (Å²) >= 11 is 0. The van der Waals surface area contributed by atoms with E-state index in [1.54, 1.807) is 0 Å². The van der Waals surface area contributed by atoms with E-state index in [0.29, 0.717) is 0 Å². The van der Waals surface area contributed by atoms with E-state index in [9.17, 15) is 5.11 Å². The molecule has 0 aromatic heterocycles. The van der Waals surface area contributed by atoms with Crippen molar-refractivity contribution in [2.45, 2.75) is 52.1 Å². The smallest absolute Gasteiger partial charge is 0.291 e. The summed E-state index contributed by atoms with van der Waals surface area (Å²) in [7, 11) is 0. The Morgan fingerprint density at radius 1 is 1.31 bits per heavy atom. The number of hydrogen-bond acceptors (Lipinski definition) is 3. The summed E-state index contributed by atoms with van der Waals surface area (Å²) in [5, 5.41) is 22.8. The average molecular weight is 193 g/mol. The summed E-state index contributed by atoms with van der Waals surface area (Å²) in [6, 6.07) is 0. The number of aliphatic hydroxyl groups excluding tert-OH is 1. The Labute approximate surface area is 78.5 Å². The molecule has 0 saturated carbocycles. The Balaban J connectivity index is 0. The molecule has 0 aliphatic rings. The van der Waals surface area contributed by atoms with Crippen molar-refractivity contribution in [2.24, 2.45) is 0 Å². The molecule has 0 fully saturated rings. The maximum atomic E-state index is 9.18. The molecule has 2 N–H and O–H groups in total. The molecule has 13 heavy (non-hydrogen) atoms. The van der Waals surface area contributed by atoms with E-state index in [1.807, 2.05) is 0 Å². The summed E-state index contributed by atoms with van der Waals surface area (Å²) in [5.74, 6) is 0. The van der Waals surface area contributed by atoms with Gasteiger partial charge in [0.25, 0.3) is 5.09 Å². The van der Waals surface area contributed by atoms with Gasteiger partial charge in [0, 0.05) is 0 Å². The minimum atomic E-state index is -1.50. The molecule has 0 spiro atoms. The molecule has 0 rings (SSSR count).